The second-order valence-electron chi connectivity index (χ2n) is 2.86. The molecular formula is C9H16N2O. The largest absolute Gasteiger partial charge is 0.395 e. The van der Waals surface area contributed by atoms with Crippen molar-refractivity contribution in [2.24, 2.45) is 0 Å². The van der Waals surface area contributed by atoms with E-state index in [-0.39, 0.29) is 6.61 Å². The molecule has 1 rings (SSSR count). The van der Waals surface area contributed by atoms with Crippen LogP contribution in [-0.2, 0) is 13.0 Å². The zero-order valence-corrected chi connectivity index (χ0v) is 7.53. The van der Waals surface area contributed by atoms with Gasteiger partial charge in [-0.25, -0.2) is 4.98 Å². The summed E-state index contributed by atoms with van der Waals surface area (Å²) in [5, 5.41) is 8.74. The highest BCUT2D eigenvalue weighted by Crippen LogP contribution is 2.02. The molecule has 1 heterocycles. The average Bonchev–Trinajstić information content (AvgIpc) is 2.50. The molecule has 0 unspecified atom stereocenters. The van der Waals surface area contributed by atoms with Crippen LogP contribution in [-0.4, -0.2) is 21.3 Å². The summed E-state index contributed by atoms with van der Waals surface area (Å²) in [6.45, 7) is 3.02. The number of aromatic nitrogens is 2. The van der Waals surface area contributed by atoms with E-state index in [1.54, 1.807) is 6.20 Å². The van der Waals surface area contributed by atoms with Crippen LogP contribution in [0.5, 0.6) is 0 Å². The number of aliphatic hydroxyl groups is 1. The van der Waals surface area contributed by atoms with Gasteiger partial charge in [-0.3, -0.25) is 0 Å². The minimum Gasteiger partial charge on any atom is -0.395 e. The van der Waals surface area contributed by atoms with E-state index in [0.29, 0.717) is 6.54 Å². The first-order chi connectivity index (χ1) is 5.88. The van der Waals surface area contributed by atoms with Crippen molar-refractivity contribution < 1.29 is 5.11 Å². The third-order valence-electron chi connectivity index (χ3n) is 1.90. The van der Waals surface area contributed by atoms with Gasteiger partial charge >= 0.3 is 0 Å². The van der Waals surface area contributed by atoms with Crippen molar-refractivity contribution in [1.82, 2.24) is 9.55 Å². The number of unbranched alkanes of at least 4 members (excludes halogenated alkanes) is 1. The number of hydrogen-bond donors (Lipinski definition) is 1. The van der Waals surface area contributed by atoms with Gasteiger partial charge in [0.25, 0.3) is 0 Å². The fourth-order valence-electron chi connectivity index (χ4n) is 1.21. The van der Waals surface area contributed by atoms with Gasteiger partial charge < -0.3 is 9.67 Å². The molecule has 12 heavy (non-hydrogen) atoms. The molecule has 0 bridgehead atoms. The fourth-order valence-corrected chi connectivity index (χ4v) is 1.21. The Bertz CT molecular complexity index is 220. The standard InChI is InChI=1S/C9H16N2O/c1-2-3-4-9-10-5-6-11(9)7-8-12/h5-6,12H,2-4,7-8H2,1H3. The summed E-state index contributed by atoms with van der Waals surface area (Å²) in [6, 6.07) is 0. The summed E-state index contributed by atoms with van der Waals surface area (Å²) in [5.74, 6) is 1.09. The van der Waals surface area contributed by atoms with E-state index in [4.69, 9.17) is 5.11 Å². The number of hydrogen-bond acceptors (Lipinski definition) is 2. The van der Waals surface area contributed by atoms with Gasteiger partial charge in [0, 0.05) is 25.4 Å². The molecule has 0 aliphatic carbocycles. The van der Waals surface area contributed by atoms with Gasteiger partial charge in [-0.1, -0.05) is 13.3 Å². The van der Waals surface area contributed by atoms with Crippen LogP contribution in [0.1, 0.15) is 25.6 Å². The number of imidazole rings is 1. The quantitative estimate of drug-likeness (QED) is 0.717. The molecule has 1 N–H and O–H groups in total. The van der Waals surface area contributed by atoms with Crippen LogP contribution < -0.4 is 0 Å². The number of aliphatic hydroxyl groups excluding tert-OH is 1. The molecule has 68 valence electrons. The Balaban J connectivity index is 2.51. The van der Waals surface area contributed by atoms with Crippen LogP contribution in [0.25, 0.3) is 0 Å². The predicted octanol–water partition coefficient (Wildman–Crippen LogP) is 1.22. The van der Waals surface area contributed by atoms with Gasteiger partial charge in [0.15, 0.2) is 0 Å². The van der Waals surface area contributed by atoms with Gasteiger partial charge in [-0.05, 0) is 6.42 Å². The average molecular weight is 168 g/mol. The Morgan fingerprint density at radius 3 is 3.08 bits per heavy atom. The first-order valence-corrected chi connectivity index (χ1v) is 4.49. The van der Waals surface area contributed by atoms with Gasteiger partial charge in [0.2, 0.25) is 0 Å². The van der Waals surface area contributed by atoms with E-state index in [2.05, 4.69) is 11.9 Å². The zero-order chi connectivity index (χ0) is 8.81. The monoisotopic (exact) mass is 168 g/mol. The zero-order valence-electron chi connectivity index (χ0n) is 7.53. The first-order valence-electron chi connectivity index (χ1n) is 4.49. The van der Waals surface area contributed by atoms with E-state index in [9.17, 15) is 0 Å². The Morgan fingerprint density at radius 2 is 2.42 bits per heavy atom. The second-order valence-corrected chi connectivity index (χ2v) is 2.86. The molecule has 3 heteroatoms. The van der Waals surface area contributed by atoms with Crippen LogP contribution in [0.3, 0.4) is 0 Å². The lowest BCUT2D eigenvalue weighted by Gasteiger charge is -2.04. The van der Waals surface area contributed by atoms with E-state index in [0.717, 1.165) is 12.2 Å². The molecule has 0 fully saturated rings. The maximum absolute atomic E-state index is 8.74. The first kappa shape index (κ1) is 9.26. The summed E-state index contributed by atoms with van der Waals surface area (Å²) >= 11 is 0. The van der Waals surface area contributed by atoms with Crippen LogP contribution in [0.2, 0.25) is 0 Å². The number of rotatable bonds is 5. The summed E-state index contributed by atoms with van der Waals surface area (Å²) in [4.78, 5) is 4.22. The lowest BCUT2D eigenvalue weighted by atomic mass is 10.2. The third kappa shape index (κ3) is 2.34. The molecule has 0 aliphatic heterocycles. The van der Waals surface area contributed by atoms with E-state index >= 15 is 0 Å². The van der Waals surface area contributed by atoms with Crippen LogP contribution in [0.4, 0.5) is 0 Å². The Morgan fingerprint density at radius 1 is 1.58 bits per heavy atom. The third-order valence-corrected chi connectivity index (χ3v) is 1.90. The summed E-state index contributed by atoms with van der Waals surface area (Å²) in [6.07, 6.45) is 7.08. The summed E-state index contributed by atoms with van der Waals surface area (Å²) in [5.41, 5.74) is 0. The highest BCUT2D eigenvalue weighted by atomic mass is 16.3. The minimum atomic E-state index is 0.190. The fraction of sp³-hybridized carbons (Fsp3) is 0.667. The molecule has 0 radical (unpaired) electrons. The van der Waals surface area contributed by atoms with Crippen LogP contribution in [0, 0.1) is 0 Å². The van der Waals surface area contributed by atoms with E-state index in [1.165, 1.54) is 12.8 Å². The molecule has 0 aliphatic rings. The maximum atomic E-state index is 8.74. The maximum Gasteiger partial charge on any atom is 0.108 e. The lowest BCUT2D eigenvalue weighted by Crippen LogP contribution is -2.05. The van der Waals surface area contributed by atoms with Crippen molar-refractivity contribution in [2.75, 3.05) is 6.61 Å². The summed E-state index contributed by atoms with van der Waals surface area (Å²) in [7, 11) is 0. The Hall–Kier alpha value is -0.830. The van der Waals surface area contributed by atoms with E-state index in [1.807, 2.05) is 10.8 Å². The Labute approximate surface area is 73.1 Å². The van der Waals surface area contributed by atoms with Gasteiger partial charge in [0.1, 0.15) is 5.82 Å². The molecule has 0 aromatic carbocycles. The topological polar surface area (TPSA) is 38.0 Å². The van der Waals surface area contributed by atoms with Crippen molar-refractivity contribution in [3.8, 4) is 0 Å². The molecule has 3 nitrogen and oxygen atoms in total. The molecule has 0 saturated carbocycles. The predicted molar refractivity (Wildman–Crippen MR) is 47.9 cm³/mol. The Kier molecular flexibility index (Phi) is 3.80. The lowest BCUT2D eigenvalue weighted by molar-refractivity contribution is 0.274. The normalized spacial score (nSPS) is 10.5. The van der Waals surface area contributed by atoms with Crippen molar-refractivity contribution in [3.05, 3.63) is 18.2 Å². The molecule has 0 saturated heterocycles. The van der Waals surface area contributed by atoms with Crippen molar-refractivity contribution >= 4 is 0 Å². The van der Waals surface area contributed by atoms with Gasteiger partial charge in [-0.15, -0.1) is 0 Å². The molecule has 0 atom stereocenters. The second kappa shape index (κ2) is 4.93. The van der Waals surface area contributed by atoms with Gasteiger partial charge in [0.05, 0.1) is 6.61 Å². The minimum absolute atomic E-state index is 0.190. The SMILES string of the molecule is CCCCc1nccn1CCO. The highest BCUT2D eigenvalue weighted by Gasteiger charge is 1.99. The van der Waals surface area contributed by atoms with Crippen molar-refractivity contribution in [2.45, 2.75) is 32.7 Å². The van der Waals surface area contributed by atoms with Crippen LogP contribution >= 0.6 is 0 Å². The van der Waals surface area contributed by atoms with Crippen molar-refractivity contribution in [3.63, 3.8) is 0 Å². The van der Waals surface area contributed by atoms with E-state index < -0.39 is 0 Å². The van der Waals surface area contributed by atoms with Crippen molar-refractivity contribution in [1.29, 1.82) is 0 Å². The molecular weight excluding hydrogens is 152 g/mol. The van der Waals surface area contributed by atoms with Crippen LogP contribution in [0.15, 0.2) is 12.4 Å². The molecule has 1 aromatic heterocycles. The number of nitrogens with zero attached hydrogens (tertiary/aromatic N) is 2. The smallest absolute Gasteiger partial charge is 0.108 e. The van der Waals surface area contributed by atoms with Gasteiger partial charge in [-0.2, -0.15) is 0 Å². The molecule has 1 aromatic rings. The summed E-state index contributed by atoms with van der Waals surface area (Å²) < 4.78 is 2.01. The molecule has 0 amide bonds. The number of aryl methyl sites for hydroxylation is 1. The highest BCUT2D eigenvalue weighted by molar-refractivity contribution is 4.92. The molecule has 0 spiro atoms.